The average Bonchev–Trinajstić information content (AvgIpc) is 3.24. The highest BCUT2D eigenvalue weighted by atomic mass is 16.3. The highest BCUT2D eigenvalue weighted by Gasteiger charge is 2.24. The van der Waals surface area contributed by atoms with Crippen molar-refractivity contribution in [2.45, 2.75) is 44.4 Å². The Bertz CT molecular complexity index is 1070. The molecule has 30 heavy (non-hydrogen) atoms. The first kappa shape index (κ1) is 19.3. The van der Waals surface area contributed by atoms with Gasteiger partial charge in [-0.15, -0.1) is 0 Å². The van der Waals surface area contributed by atoms with Gasteiger partial charge in [-0.2, -0.15) is 5.10 Å². The van der Waals surface area contributed by atoms with Gasteiger partial charge in [-0.3, -0.25) is 9.69 Å². The summed E-state index contributed by atoms with van der Waals surface area (Å²) in [5, 5.41) is 15.5. The Morgan fingerprint density at radius 2 is 2.00 bits per heavy atom. The van der Waals surface area contributed by atoms with Gasteiger partial charge in [0.15, 0.2) is 0 Å². The molecule has 2 aliphatic rings. The van der Waals surface area contributed by atoms with E-state index in [1.807, 2.05) is 12.4 Å². The molecule has 2 saturated heterocycles. The van der Waals surface area contributed by atoms with Gasteiger partial charge in [-0.1, -0.05) is 12.1 Å². The van der Waals surface area contributed by atoms with Crippen molar-refractivity contribution >= 4 is 16.6 Å². The summed E-state index contributed by atoms with van der Waals surface area (Å²) in [5.74, 6) is 0. The number of hydrogen-bond acceptors (Lipinski definition) is 5. The second-order valence-electron chi connectivity index (χ2n) is 8.60. The Labute approximate surface area is 175 Å². The molecule has 1 atom stereocenters. The maximum atomic E-state index is 12.9. The zero-order valence-corrected chi connectivity index (χ0v) is 17.2. The van der Waals surface area contributed by atoms with Gasteiger partial charge in [0, 0.05) is 49.3 Å². The molecule has 0 radical (unpaired) electrons. The van der Waals surface area contributed by atoms with Crippen molar-refractivity contribution in [2.75, 3.05) is 31.1 Å². The Hall–Kier alpha value is -2.64. The van der Waals surface area contributed by atoms with Crippen molar-refractivity contribution in [1.29, 1.82) is 0 Å². The highest BCUT2D eigenvalue weighted by Crippen LogP contribution is 2.25. The lowest BCUT2D eigenvalue weighted by atomic mass is 10.0. The van der Waals surface area contributed by atoms with Gasteiger partial charge in [-0.25, -0.2) is 4.68 Å². The van der Waals surface area contributed by atoms with E-state index in [0.29, 0.717) is 0 Å². The summed E-state index contributed by atoms with van der Waals surface area (Å²) in [6.45, 7) is 4.31. The summed E-state index contributed by atoms with van der Waals surface area (Å²) < 4.78 is 1.67. The normalized spacial score (nSPS) is 21.4. The zero-order valence-electron chi connectivity index (χ0n) is 17.2. The third-order valence-corrected chi connectivity index (χ3v) is 6.55. The first-order chi connectivity index (χ1) is 14.7. The molecule has 7 nitrogen and oxygen atoms in total. The van der Waals surface area contributed by atoms with Crippen LogP contribution in [-0.4, -0.2) is 57.1 Å². The minimum absolute atomic E-state index is 0.0294. The number of rotatable bonds is 4. The van der Waals surface area contributed by atoms with E-state index in [2.05, 4.69) is 44.1 Å². The quantitative estimate of drug-likeness (QED) is 0.695. The molecule has 7 heteroatoms. The molecule has 0 aliphatic carbocycles. The molecule has 1 aromatic carbocycles. The van der Waals surface area contributed by atoms with Crippen molar-refractivity contribution in [1.82, 2.24) is 19.7 Å². The summed E-state index contributed by atoms with van der Waals surface area (Å²) in [6.07, 6.45) is 7.11. The Morgan fingerprint density at radius 1 is 1.13 bits per heavy atom. The van der Waals surface area contributed by atoms with E-state index < -0.39 is 0 Å². The summed E-state index contributed by atoms with van der Waals surface area (Å²) >= 11 is 0. The van der Waals surface area contributed by atoms with E-state index in [1.54, 1.807) is 10.7 Å². The first-order valence-corrected chi connectivity index (χ1v) is 11.0. The van der Waals surface area contributed by atoms with E-state index in [4.69, 9.17) is 0 Å². The molecule has 5 rings (SSSR count). The molecule has 2 aromatic heterocycles. The third kappa shape index (κ3) is 3.87. The predicted octanol–water partition coefficient (Wildman–Crippen LogP) is 2.52. The molecule has 0 spiro atoms. The molecule has 0 unspecified atom stereocenters. The van der Waals surface area contributed by atoms with Gasteiger partial charge >= 0.3 is 0 Å². The number of nitrogens with one attached hydrogen (secondary N) is 1. The van der Waals surface area contributed by atoms with Crippen LogP contribution in [0.25, 0.3) is 10.9 Å². The number of aliphatic hydroxyl groups is 1. The number of H-pyrrole nitrogens is 1. The van der Waals surface area contributed by atoms with E-state index in [9.17, 15) is 9.90 Å². The predicted molar refractivity (Wildman–Crippen MR) is 118 cm³/mol. The lowest BCUT2D eigenvalue weighted by Gasteiger charge is -2.34. The standard InChI is InChI=1S/C23H29N5O2/c29-20-7-11-27(12-8-20)19-13-23(30)28(25-14-19)18-4-2-10-26(16-18)15-17-3-1-5-22-21(17)6-9-24-22/h1,3,5-6,9,13-14,18,20,24,29H,2,4,7-8,10-12,15-16H2/t18-/m0/s1. The summed E-state index contributed by atoms with van der Waals surface area (Å²) in [6, 6.07) is 10.3. The molecule has 0 saturated carbocycles. The average molecular weight is 408 g/mol. The fourth-order valence-corrected chi connectivity index (χ4v) is 4.88. The number of hydrogen-bond donors (Lipinski definition) is 2. The number of piperidine rings is 2. The number of aliphatic hydroxyl groups excluding tert-OH is 1. The van der Waals surface area contributed by atoms with Crippen LogP contribution in [-0.2, 0) is 6.54 Å². The SMILES string of the molecule is O=c1cc(N2CCC(O)CC2)cnn1[C@H]1CCCN(Cc2cccc3[nH]ccc23)C1. The second-order valence-corrected chi connectivity index (χ2v) is 8.60. The smallest absolute Gasteiger partial charge is 0.269 e. The zero-order chi connectivity index (χ0) is 20.5. The molecule has 3 aromatic rings. The Kier molecular flexibility index (Phi) is 5.31. The van der Waals surface area contributed by atoms with E-state index >= 15 is 0 Å². The number of anilines is 1. The van der Waals surface area contributed by atoms with E-state index in [0.717, 1.165) is 64.1 Å². The minimum atomic E-state index is -0.222. The number of aromatic amines is 1. The van der Waals surface area contributed by atoms with Crippen molar-refractivity contribution in [3.63, 3.8) is 0 Å². The topological polar surface area (TPSA) is 77.4 Å². The largest absolute Gasteiger partial charge is 0.393 e. The molecule has 2 N–H and O–H groups in total. The van der Waals surface area contributed by atoms with Crippen molar-refractivity contribution < 1.29 is 5.11 Å². The minimum Gasteiger partial charge on any atom is -0.393 e. The maximum Gasteiger partial charge on any atom is 0.269 e. The van der Waals surface area contributed by atoms with Gasteiger partial charge in [-0.05, 0) is 49.9 Å². The van der Waals surface area contributed by atoms with Crippen LogP contribution in [0, 0.1) is 0 Å². The maximum absolute atomic E-state index is 12.9. The number of aromatic nitrogens is 3. The van der Waals surface area contributed by atoms with Gasteiger partial charge in [0.2, 0.25) is 0 Å². The number of fused-ring (bicyclic) bond motifs is 1. The van der Waals surface area contributed by atoms with Crippen LogP contribution in [0.15, 0.2) is 47.5 Å². The van der Waals surface area contributed by atoms with Crippen LogP contribution >= 0.6 is 0 Å². The molecule has 4 heterocycles. The van der Waals surface area contributed by atoms with E-state index in [-0.39, 0.29) is 17.7 Å². The fraction of sp³-hybridized carbons (Fsp3) is 0.478. The summed E-state index contributed by atoms with van der Waals surface area (Å²) in [4.78, 5) is 20.7. The lowest BCUT2D eigenvalue weighted by Crippen LogP contribution is -2.41. The van der Waals surface area contributed by atoms with Gasteiger partial charge in [0.25, 0.3) is 5.56 Å². The van der Waals surface area contributed by atoms with Gasteiger partial charge in [0.1, 0.15) is 0 Å². The molecule has 2 aliphatic heterocycles. The van der Waals surface area contributed by atoms with Crippen LogP contribution in [0.4, 0.5) is 5.69 Å². The third-order valence-electron chi connectivity index (χ3n) is 6.55. The number of likely N-dealkylation sites (tertiary alicyclic amines) is 1. The van der Waals surface area contributed by atoms with Crippen molar-refractivity contribution in [3.8, 4) is 0 Å². The first-order valence-electron chi connectivity index (χ1n) is 11.0. The summed E-state index contributed by atoms with van der Waals surface area (Å²) in [7, 11) is 0. The summed E-state index contributed by atoms with van der Waals surface area (Å²) in [5.41, 5.74) is 3.32. The van der Waals surface area contributed by atoms with Gasteiger partial charge < -0.3 is 15.0 Å². The second kappa shape index (κ2) is 8.24. The van der Waals surface area contributed by atoms with Crippen LogP contribution in [0.5, 0.6) is 0 Å². The lowest BCUT2D eigenvalue weighted by molar-refractivity contribution is 0.145. The fourth-order valence-electron chi connectivity index (χ4n) is 4.88. The molecule has 0 bridgehead atoms. The van der Waals surface area contributed by atoms with Gasteiger partial charge in [0.05, 0.1) is 24.0 Å². The number of nitrogens with zero attached hydrogens (tertiary/aromatic N) is 4. The van der Waals surface area contributed by atoms with Crippen LogP contribution in [0.1, 0.15) is 37.3 Å². The number of benzene rings is 1. The molecule has 158 valence electrons. The molecule has 2 fully saturated rings. The van der Waals surface area contributed by atoms with Crippen molar-refractivity contribution in [3.05, 3.63) is 58.6 Å². The van der Waals surface area contributed by atoms with Crippen molar-refractivity contribution in [2.24, 2.45) is 0 Å². The highest BCUT2D eigenvalue weighted by molar-refractivity contribution is 5.82. The van der Waals surface area contributed by atoms with Crippen LogP contribution < -0.4 is 10.5 Å². The molecule has 0 amide bonds. The Morgan fingerprint density at radius 3 is 2.83 bits per heavy atom. The van der Waals surface area contributed by atoms with Crippen LogP contribution in [0.2, 0.25) is 0 Å². The monoisotopic (exact) mass is 407 g/mol. The van der Waals surface area contributed by atoms with Crippen LogP contribution in [0.3, 0.4) is 0 Å². The Balaban J connectivity index is 1.30. The molecular formula is C23H29N5O2. The van der Waals surface area contributed by atoms with E-state index in [1.165, 1.54) is 16.5 Å². The molecular weight excluding hydrogens is 378 g/mol.